The number of hydrogen-bond donors (Lipinski definition) is 1. The van der Waals surface area contributed by atoms with Gasteiger partial charge in [0, 0.05) is 31.2 Å². The topological polar surface area (TPSA) is 46.9 Å². The maximum atomic E-state index is 12.8. The molecule has 3 aromatic rings. The van der Waals surface area contributed by atoms with Gasteiger partial charge in [0.1, 0.15) is 5.69 Å². The van der Waals surface area contributed by atoms with Gasteiger partial charge < -0.3 is 9.88 Å². The first-order valence-corrected chi connectivity index (χ1v) is 8.44. The van der Waals surface area contributed by atoms with Crippen molar-refractivity contribution in [2.75, 3.05) is 0 Å². The second kappa shape index (κ2) is 7.34. The molecule has 128 valence electrons. The van der Waals surface area contributed by atoms with Gasteiger partial charge >= 0.3 is 0 Å². The van der Waals surface area contributed by atoms with E-state index in [2.05, 4.69) is 52.1 Å². The van der Waals surface area contributed by atoms with Crippen LogP contribution in [0.4, 0.5) is 0 Å². The molecule has 0 unspecified atom stereocenters. The van der Waals surface area contributed by atoms with Crippen molar-refractivity contribution in [1.82, 2.24) is 14.9 Å². The summed E-state index contributed by atoms with van der Waals surface area (Å²) in [6.07, 6.45) is 3.50. The quantitative estimate of drug-likeness (QED) is 0.772. The second-order valence-corrected chi connectivity index (χ2v) is 6.43. The zero-order valence-electron chi connectivity index (χ0n) is 14.9. The van der Waals surface area contributed by atoms with Gasteiger partial charge in [-0.1, -0.05) is 35.9 Å². The van der Waals surface area contributed by atoms with Gasteiger partial charge in [0.05, 0.1) is 0 Å². The number of nitrogens with one attached hydrogen (secondary N) is 1. The summed E-state index contributed by atoms with van der Waals surface area (Å²) in [7, 11) is 0. The molecular weight excluding hydrogens is 310 g/mol. The van der Waals surface area contributed by atoms with Gasteiger partial charge in [0.25, 0.3) is 5.91 Å². The molecule has 0 aliphatic carbocycles. The Morgan fingerprint density at radius 2 is 1.84 bits per heavy atom. The highest BCUT2D eigenvalue weighted by atomic mass is 16.1. The summed E-state index contributed by atoms with van der Waals surface area (Å²) in [5, 5.41) is 3.00. The normalized spacial score (nSPS) is 10.7. The van der Waals surface area contributed by atoms with Crippen molar-refractivity contribution < 1.29 is 4.79 Å². The summed E-state index contributed by atoms with van der Waals surface area (Å²) in [5.74, 6) is -0.0541. The number of hydrogen-bond acceptors (Lipinski definition) is 2. The summed E-state index contributed by atoms with van der Waals surface area (Å²) in [5.41, 5.74) is 6.21. The maximum absolute atomic E-state index is 12.8. The van der Waals surface area contributed by atoms with E-state index in [0.29, 0.717) is 13.1 Å². The lowest BCUT2D eigenvalue weighted by Gasteiger charge is -2.13. The minimum absolute atomic E-state index is 0.0541. The molecule has 0 radical (unpaired) electrons. The number of pyridine rings is 1. The third kappa shape index (κ3) is 3.97. The van der Waals surface area contributed by atoms with Crippen LogP contribution < -0.4 is 5.32 Å². The first-order chi connectivity index (χ1) is 12.0. The molecule has 1 N–H and O–H groups in total. The number of carbonyl (C=O) groups is 1. The van der Waals surface area contributed by atoms with Crippen LogP contribution in [0.3, 0.4) is 0 Å². The molecule has 0 fully saturated rings. The highest BCUT2D eigenvalue weighted by Crippen LogP contribution is 2.18. The van der Waals surface area contributed by atoms with Crippen LogP contribution in [0.1, 0.15) is 38.4 Å². The highest BCUT2D eigenvalue weighted by molar-refractivity contribution is 5.94. The van der Waals surface area contributed by atoms with Gasteiger partial charge in [0.2, 0.25) is 0 Å². The second-order valence-electron chi connectivity index (χ2n) is 6.43. The molecule has 0 saturated carbocycles. The standard InChI is InChI=1S/C21H23N3O/c1-15-6-8-18(9-7-15)14-24-17(3)11-16(2)20(24)21(25)23-13-19-5-4-10-22-12-19/h4-12H,13-14H2,1-3H3,(H,23,25). The van der Waals surface area contributed by atoms with Crippen LogP contribution in [0, 0.1) is 20.8 Å². The van der Waals surface area contributed by atoms with E-state index in [-0.39, 0.29) is 5.91 Å². The van der Waals surface area contributed by atoms with Crippen molar-refractivity contribution in [3.8, 4) is 0 Å². The van der Waals surface area contributed by atoms with Crippen LogP contribution >= 0.6 is 0 Å². The average Bonchev–Trinajstić information content (AvgIpc) is 2.89. The molecule has 2 aromatic heterocycles. The first-order valence-electron chi connectivity index (χ1n) is 8.44. The predicted molar refractivity (Wildman–Crippen MR) is 99.6 cm³/mol. The lowest BCUT2D eigenvalue weighted by Crippen LogP contribution is -2.26. The van der Waals surface area contributed by atoms with Gasteiger partial charge in [-0.2, -0.15) is 0 Å². The average molecular weight is 333 g/mol. The van der Waals surface area contributed by atoms with Crippen LogP contribution in [0.2, 0.25) is 0 Å². The fourth-order valence-corrected chi connectivity index (χ4v) is 3.00. The molecule has 1 aromatic carbocycles. The number of carbonyl (C=O) groups excluding carboxylic acids is 1. The van der Waals surface area contributed by atoms with Crippen molar-refractivity contribution in [2.45, 2.75) is 33.9 Å². The minimum atomic E-state index is -0.0541. The third-order valence-electron chi connectivity index (χ3n) is 4.35. The lowest BCUT2D eigenvalue weighted by molar-refractivity contribution is 0.0941. The monoisotopic (exact) mass is 333 g/mol. The largest absolute Gasteiger partial charge is 0.347 e. The molecule has 0 atom stereocenters. The fraction of sp³-hybridized carbons (Fsp3) is 0.238. The van der Waals surface area contributed by atoms with Crippen molar-refractivity contribution in [2.24, 2.45) is 0 Å². The Hall–Kier alpha value is -2.88. The van der Waals surface area contributed by atoms with E-state index in [1.807, 2.05) is 26.0 Å². The van der Waals surface area contributed by atoms with Crippen LogP contribution in [-0.4, -0.2) is 15.5 Å². The Morgan fingerprint density at radius 3 is 2.52 bits per heavy atom. The number of benzene rings is 1. The summed E-state index contributed by atoms with van der Waals surface area (Å²) in [4.78, 5) is 16.8. The number of aromatic nitrogens is 2. The molecule has 1 amide bonds. The Labute approximate surface area is 148 Å². The number of aryl methyl sites for hydroxylation is 3. The summed E-state index contributed by atoms with van der Waals surface area (Å²) < 4.78 is 2.08. The van der Waals surface area contributed by atoms with Gasteiger partial charge in [-0.15, -0.1) is 0 Å². The van der Waals surface area contributed by atoms with E-state index in [4.69, 9.17) is 0 Å². The van der Waals surface area contributed by atoms with E-state index >= 15 is 0 Å². The van der Waals surface area contributed by atoms with Gasteiger partial charge in [-0.3, -0.25) is 9.78 Å². The van der Waals surface area contributed by atoms with E-state index in [1.54, 1.807) is 12.4 Å². The van der Waals surface area contributed by atoms with Crippen molar-refractivity contribution in [3.63, 3.8) is 0 Å². The molecule has 0 spiro atoms. The van der Waals surface area contributed by atoms with Crippen molar-refractivity contribution >= 4 is 5.91 Å². The summed E-state index contributed by atoms with van der Waals surface area (Å²) >= 11 is 0. The zero-order chi connectivity index (χ0) is 17.8. The summed E-state index contributed by atoms with van der Waals surface area (Å²) in [6, 6.07) is 14.3. The van der Waals surface area contributed by atoms with E-state index in [1.165, 1.54) is 11.1 Å². The van der Waals surface area contributed by atoms with E-state index < -0.39 is 0 Å². The van der Waals surface area contributed by atoms with Gasteiger partial charge in [-0.25, -0.2) is 0 Å². The SMILES string of the molecule is Cc1ccc(Cn2c(C)cc(C)c2C(=O)NCc2cccnc2)cc1. The zero-order valence-corrected chi connectivity index (χ0v) is 14.9. The molecular formula is C21H23N3O. The summed E-state index contributed by atoms with van der Waals surface area (Å²) in [6.45, 7) is 7.26. The molecule has 0 aliphatic heterocycles. The van der Waals surface area contributed by atoms with Crippen LogP contribution in [0.25, 0.3) is 0 Å². The third-order valence-corrected chi connectivity index (χ3v) is 4.35. The van der Waals surface area contributed by atoms with Crippen molar-refractivity contribution in [1.29, 1.82) is 0 Å². The Bertz CT molecular complexity index is 864. The molecule has 2 heterocycles. The Balaban J connectivity index is 1.80. The Morgan fingerprint density at radius 1 is 1.08 bits per heavy atom. The minimum Gasteiger partial charge on any atom is -0.347 e. The highest BCUT2D eigenvalue weighted by Gasteiger charge is 2.17. The van der Waals surface area contributed by atoms with E-state index in [0.717, 1.165) is 22.5 Å². The Kier molecular flexibility index (Phi) is 4.98. The molecule has 0 aliphatic rings. The van der Waals surface area contributed by atoms with Crippen molar-refractivity contribution in [3.05, 3.63) is 88.5 Å². The first kappa shape index (κ1) is 17.0. The lowest BCUT2D eigenvalue weighted by atomic mass is 10.1. The van der Waals surface area contributed by atoms with Gasteiger partial charge in [-0.05, 0) is 49.6 Å². The molecule has 3 rings (SSSR count). The van der Waals surface area contributed by atoms with E-state index in [9.17, 15) is 4.79 Å². The number of amides is 1. The predicted octanol–water partition coefficient (Wildman–Crippen LogP) is 3.79. The molecule has 25 heavy (non-hydrogen) atoms. The molecule has 0 saturated heterocycles. The number of rotatable bonds is 5. The smallest absolute Gasteiger partial charge is 0.268 e. The fourth-order valence-electron chi connectivity index (χ4n) is 3.00. The van der Waals surface area contributed by atoms with Crippen LogP contribution in [-0.2, 0) is 13.1 Å². The molecule has 0 bridgehead atoms. The van der Waals surface area contributed by atoms with Gasteiger partial charge in [0.15, 0.2) is 0 Å². The molecule has 4 nitrogen and oxygen atoms in total. The number of nitrogens with zero attached hydrogens (tertiary/aromatic N) is 2. The van der Waals surface area contributed by atoms with Crippen LogP contribution in [0.15, 0.2) is 54.9 Å². The molecule has 4 heteroatoms. The van der Waals surface area contributed by atoms with Crippen LogP contribution in [0.5, 0.6) is 0 Å². The maximum Gasteiger partial charge on any atom is 0.268 e.